The number of ether oxygens (including phenoxy) is 4. The van der Waals surface area contributed by atoms with E-state index in [1.165, 1.54) is 24.1 Å². The number of fused-ring (bicyclic) bond motifs is 1. The lowest BCUT2D eigenvalue weighted by molar-refractivity contribution is -0.156. The molecule has 0 unspecified atom stereocenters. The van der Waals surface area contributed by atoms with E-state index >= 15 is 0 Å². The Morgan fingerprint density at radius 1 is 0.761 bits per heavy atom. The maximum absolute atomic E-state index is 13.2. The van der Waals surface area contributed by atoms with E-state index < -0.39 is 48.4 Å². The van der Waals surface area contributed by atoms with Crippen molar-refractivity contribution in [2.24, 2.45) is 0 Å². The molecule has 0 radical (unpaired) electrons. The number of nitrogens with one attached hydrogen (secondary N) is 1. The number of carbonyl (C=O) groups excluding carboxylic acids is 4. The predicted octanol–water partition coefficient (Wildman–Crippen LogP) is 3.99. The lowest BCUT2D eigenvalue weighted by Gasteiger charge is -2.24. The molecule has 1 aliphatic heterocycles. The molecule has 0 bridgehead atoms. The summed E-state index contributed by atoms with van der Waals surface area (Å²) in [6.45, 7) is 0.871. The molecule has 6 rings (SSSR count). The lowest BCUT2D eigenvalue weighted by Crippen LogP contribution is -2.41. The predicted molar refractivity (Wildman–Crippen MR) is 162 cm³/mol. The minimum Gasteiger partial charge on any atom is -0.459 e. The number of nitrogens with zero attached hydrogens (tertiary/aromatic N) is 4. The molecule has 3 heterocycles. The van der Waals surface area contributed by atoms with Gasteiger partial charge in [-0.25, -0.2) is 24.5 Å². The zero-order valence-electron chi connectivity index (χ0n) is 24.4. The van der Waals surface area contributed by atoms with Gasteiger partial charge in [-0.1, -0.05) is 54.6 Å². The van der Waals surface area contributed by atoms with Crippen LogP contribution >= 0.6 is 0 Å². The molecular weight excluding hydrogens is 594 g/mol. The van der Waals surface area contributed by atoms with Crippen LogP contribution in [0.5, 0.6) is 0 Å². The monoisotopic (exact) mass is 621 g/mol. The molecule has 5 aromatic rings. The Balaban J connectivity index is 1.32. The second-order valence-corrected chi connectivity index (χ2v) is 10.2. The van der Waals surface area contributed by atoms with Crippen molar-refractivity contribution in [2.75, 3.05) is 11.9 Å². The summed E-state index contributed by atoms with van der Waals surface area (Å²) >= 11 is 0. The van der Waals surface area contributed by atoms with E-state index in [0.29, 0.717) is 11.1 Å². The molecule has 46 heavy (non-hydrogen) atoms. The highest BCUT2D eigenvalue weighted by Crippen LogP contribution is 2.37. The Kier molecular flexibility index (Phi) is 8.74. The Morgan fingerprint density at radius 3 is 2.00 bits per heavy atom. The minimum absolute atomic E-state index is 0.139. The van der Waals surface area contributed by atoms with E-state index in [1.54, 1.807) is 91.0 Å². The van der Waals surface area contributed by atoms with Crippen LogP contribution < -0.4 is 5.32 Å². The SMILES string of the molecule is CC(=O)O[C@H]1[C@@H](OC(=O)c2ccccc2)[C@H](COC(=O)c2ccccc2)O[C@@H]1n1cnc2c(NC(=O)c3ccccc3)ncnc21. The third-order valence-corrected chi connectivity index (χ3v) is 7.13. The van der Waals surface area contributed by atoms with Gasteiger partial charge in [-0.15, -0.1) is 0 Å². The Hall–Kier alpha value is -5.95. The topological polar surface area (TPSA) is 161 Å². The van der Waals surface area contributed by atoms with Crippen molar-refractivity contribution in [1.82, 2.24) is 19.5 Å². The van der Waals surface area contributed by atoms with Crippen LogP contribution in [-0.2, 0) is 23.7 Å². The summed E-state index contributed by atoms with van der Waals surface area (Å²) in [5.41, 5.74) is 1.45. The first kappa shape index (κ1) is 30.1. The smallest absolute Gasteiger partial charge is 0.338 e. The number of imidazole rings is 1. The van der Waals surface area contributed by atoms with Crippen LogP contribution in [0.25, 0.3) is 11.2 Å². The molecule has 0 saturated carbocycles. The van der Waals surface area contributed by atoms with Gasteiger partial charge in [0.1, 0.15) is 19.0 Å². The number of amides is 1. The quantitative estimate of drug-likeness (QED) is 0.187. The summed E-state index contributed by atoms with van der Waals surface area (Å²) in [4.78, 5) is 64.1. The first-order chi connectivity index (χ1) is 22.4. The third-order valence-electron chi connectivity index (χ3n) is 7.13. The van der Waals surface area contributed by atoms with Gasteiger partial charge >= 0.3 is 17.9 Å². The molecule has 1 aliphatic rings. The highest BCUT2D eigenvalue weighted by molar-refractivity contribution is 6.06. The van der Waals surface area contributed by atoms with Crippen LogP contribution in [-0.4, -0.2) is 68.3 Å². The highest BCUT2D eigenvalue weighted by atomic mass is 16.7. The molecule has 0 spiro atoms. The Labute approximate surface area is 262 Å². The second kappa shape index (κ2) is 13.4. The van der Waals surface area contributed by atoms with E-state index in [9.17, 15) is 19.2 Å². The molecule has 1 saturated heterocycles. The van der Waals surface area contributed by atoms with E-state index in [1.807, 2.05) is 0 Å². The zero-order chi connectivity index (χ0) is 32.0. The zero-order valence-corrected chi connectivity index (χ0v) is 24.4. The van der Waals surface area contributed by atoms with E-state index in [4.69, 9.17) is 18.9 Å². The molecule has 1 amide bonds. The molecule has 4 atom stereocenters. The number of rotatable bonds is 9. The average Bonchev–Trinajstić information content (AvgIpc) is 3.66. The normalized spacial score (nSPS) is 18.9. The lowest BCUT2D eigenvalue weighted by atomic mass is 10.1. The maximum Gasteiger partial charge on any atom is 0.338 e. The minimum atomic E-state index is -1.21. The van der Waals surface area contributed by atoms with E-state index in [0.717, 1.165) is 0 Å². The van der Waals surface area contributed by atoms with E-state index in [2.05, 4.69) is 20.3 Å². The van der Waals surface area contributed by atoms with Gasteiger partial charge in [0.25, 0.3) is 5.91 Å². The molecule has 13 nitrogen and oxygen atoms in total. The van der Waals surface area contributed by atoms with Gasteiger partial charge in [0.15, 0.2) is 35.4 Å². The molecule has 13 heteroatoms. The first-order valence-electron chi connectivity index (χ1n) is 14.2. The number of hydrogen-bond acceptors (Lipinski definition) is 11. The van der Waals surface area contributed by atoms with Crippen molar-refractivity contribution in [3.8, 4) is 0 Å². The Morgan fingerprint density at radius 2 is 1.37 bits per heavy atom. The number of esters is 3. The third kappa shape index (κ3) is 6.44. The summed E-state index contributed by atoms with van der Waals surface area (Å²) in [5.74, 6) is -2.26. The number of aromatic nitrogens is 4. The second-order valence-electron chi connectivity index (χ2n) is 10.2. The van der Waals surface area contributed by atoms with Gasteiger partial charge in [-0.3, -0.25) is 14.2 Å². The van der Waals surface area contributed by atoms with Crippen LogP contribution in [0.15, 0.2) is 104 Å². The van der Waals surface area contributed by atoms with Gasteiger partial charge < -0.3 is 24.3 Å². The molecule has 1 fully saturated rings. The molecule has 232 valence electrons. The standard InChI is InChI=1S/C33H27N5O8/c1-20(39)44-27-26(46-33(42)23-15-9-4-10-16-23)24(17-43-32(41)22-13-7-3-8-14-22)45-31(27)38-19-36-25-28(34-18-35-29(25)38)37-30(40)21-11-5-2-6-12-21/h2-16,18-19,24,26-27,31H,17H2,1H3,(H,34,35,37,40)/t24-,26-,27-,31-/m0/s1. The molecule has 1 N–H and O–H groups in total. The molecule has 3 aromatic carbocycles. The molecule has 0 aliphatic carbocycles. The summed E-state index contributed by atoms with van der Waals surface area (Å²) < 4.78 is 24.9. The maximum atomic E-state index is 13.2. The summed E-state index contributed by atoms with van der Waals surface area (Å²) in [6, 6.07) is 25.2. The fourth-order valence-corrected chi connectivity index (χ4v) is 5.01. The molecular formula is C33H27N5O8. The van der Waals surface area contributed by atoms with Gasteiger partial charge in [-0.05, 0) is 36.4 Å². The van der Waals surface area contributed by atoms with Gasteiger partial charge in [0, 0.05) is 12.5 Å². The number of carbonyl (C=O) groups is 4. The fourth-order valence-electron chi connectivity index (χ4n) is 5.01. The van der Waals surface area contributed by atoms with Crippen molar-refractivity contribution < 1.29 is 38.1 Å². The van der Waals surface area contributed by atoms with E-state index in [-0.39, 0.29) is 29.2 Å². The summed E-state index contributed by atoms with van der Waals surface area (Å²) in [6.07, 6.45) is -1.99. The number of benzene rings is 3. The van der Waals surface area contributed by atoms with Gasteiger partial charge in [0.2, 0.25) is 0 Å². The van der Waals surface area contributed by atoms with Gasteiger partial charge in [-0.2, -0.15) is 0 Å². The van der Waals surface area contributed by atoms with Crippen molar-refractivity contribution in [1.29, 1.82) is 0 Å². The fraction of sp³-hybridized carbons (Fsp3) is 0.182. The summed E-state index contributed by atoms with van der Waals surface area (Å²) in [7, 11) is 0. The average molecular weight is 622 g/mol. The van der Waals surface area contributed by atoms with Crippen molar-refractivity contribution in [3.63, 3.8) is 0 Å². The van der Waals surface area contributed by atoms with Crippen molar-refractivity contribution >= 4 is 40.8 Å². The van der Waals surface area contributed by atoms with Crippen LogP contribution in [0, 0.1) is 0 Å². The van der Waals surface area contributed by atoms with Crippen LogP contribution in [0.3, 0.4) is 0 Å². The number of anilines is 1. The van der Waals surface area contributed by atoms with Gasteiger partial charge in [0.05, 0.1) is 17.5 Å². The van der Waals surface area contributed by atoms with Crippen LogP contribution in [0.1, 0.15) is 44.2 Å². The summed E-state index contributed by atoms with van der Waals surface area (Å²) in [5, 5.41) is 2.74. The van der Waals surface area contributed by atoms with Crippen LogP contribution in [0.2, 0.25) is 0 Å². The van der Waals surface area contributed by atoms with Crippen molar-refractivity contribution in [3.05, 3.63) is 120 Å². The first-order valence-corrected chi connectivity index (χ1v) is 14.2. The molecule has 2 aromatic heterocycles. The number of hydrogen-bond donors (Lipinski definition) is 1. The Bertz CT molecular complexity index is 1870. The van der Waals surface area contributed by atoms with Crippen LogP contribution in [0.4, 0.5) is 5.82 Å². The van der Waals surface area contributed by atoms with Crippen molar-refractivity contribution in [2.45, 2.75) is 31.5 Å². The highest BCUT2D eigenvalue weighted by Gasteiger charge is 2.51. The largest absolute Gasteiger partial charge is 0.459 e.